The maximum Gasteiger partial charge on any atom is 0.111 e. The van der Waals surface area contributed by atoms with E-state index < -0.39 is 0 Å². The summed E-state index contributed by atoms with van der Waals surface area (Å²) in [5, 5.41) is 6.15. The van der Waals surface area contributed by atoms with Gasteiger partial charge in [0.25, 0.3) is 0 Å². The number of nitroso groups, excluding NO2 is 1. The van der Waals surface area contributed by atoms with Gasteiger partial charge in [0.2, 0.25) is 0 Å². The largest absolute Gasteiger partial charge is 0.372 e. The molecule has 0 saturated heterocycles. The third-order valence-corrected chi connectivity index (χ3v) is 4.16. The molecule has 0 spiro atoms. The van der Waals surface area contributed by atoms with Crippen LogP contribution in [0.25, 0.3) is 0 Å². The summed E-state index contributed by atoms with van der Waals surface area (Å²) in [4.78, 5) is 15.3. The SMILES string of the molecule is Cc1cc(N=O)c(C)cc1Cc1nc(COC(C)C)cs1. The van der Waals surface area contributed by atoms with Crippen LogP contribution in [0.1, 0.15) is 41.2 Å². The van der Waals surface area contributed by atoms with Gasteiger partial charge < -0.3 is 4.74 Å². The molecular formula is C16H20N2O2S. The van der Waals surface area contributed by atoms with Crippen LogP contribution in [0.3, 0.4) is 0 Å². The van der Waals surface area contributed by atoms with Gasteiger partial charge in [-0.25, -0.2) is 4.98 Å². The van der Waals surface area contributed by atoms with E-state index in [1.54, 1.807) is 11.3 Å². The van der Waals surface area contributed by atoms with Crippen molar-refractivity contribution in [2.45, 2.75) is 46.8 Å². The van der Waals surface area contributed by atoms with Crippen molar-refractivity contribution in [3.63, 3.8) is 0 Å². The van der Waals surface area contributed by atoms with Crippen molar-refractivity contribution in [2.75, 3.05) is 0 Å². The molecule has 0 unspecified atom stereocenters. The summed E-state index contributed by atoms with van der Waals surface area (Å²) in [5.41, 5.74) is 4.66. The first kappa shape index (κ1) is 15.8. The number of aromatic nitrogens is 1. The minimum atomic E-state index is 0.212. The molecule has 0 saturated carbocycles. The third-order valence-electron chi connectivity index (χ3n) is 3.26. The van der Waals surface area contributed by atoms with E-state index in [1.807, 2.05) is 45.2 Å². The normalized spacial score (nSPS) is 11.1. The van der Waals surface area contributed by atoms with Gasteiger partial charge in [-0.3, -0.25) is 0 Å². The van der Waals surface area contributed by atoms with E-state index in [-0.39, 0.29) is 6.10 Å². The van der Waals surface area contributed by atoms with Crippen LogP contribution < -0.4 is 0 Å². The van der Waals surface area contributed by atoms with Crippen LogP contribution in [0.4, 0.5) is 5.69 Å². The molecule has 0 aliphatic heterocycles. The molecule has 0 N–H and O–H groups in total. The average Bonchev–Trinajstić information content (AvgIpc) is 2.88. The second-order valence-corrected chi connectivity index (χ2v) is 6.37. The lowest BCUT2D eigenvalue weighted by Gasteiger charge is -2.07. The van der Waals surface area contributed by atoms with E-state index >= 15 is 0 Å². The predicted octanol–water partition coefficient (Wildman–Crippen LogP) is 4.67. The summed E-state index contributed by atoms with van der Waals surface area (Å²) in [5.74, 6) is 0. The number of thiazole rings is 1. The molecule has 0 atom stereocenters. The van der Waals surface area contributed by atoms with Gasteiger partial charge in [-0.05, 0) is 55.6 Å². The summed E-state index contributed by atoms with van der Waals surface area (Å²) in [7, 11) is 0. The quantitative estimate of drug-likeness (QED) is 0.728. The van der Waals surface area contributed by atoms with E-state index in [0.29, 0.717) is 12.3 Å². The summed E-state index contributed by atoms with van der Waals surface area (Å²) < 4.78 is 5.56. The molecule has 0 aliphatic carbocycles. The van der Waals surface area contributed by atoms with Gasteiger partial charge in [-0.1, -0.05) is 6.07 Å². The Labute approximate surface area is 129 Å². The second kappa shape index (κ2) is 6.91. The summed E-state index contributed by atoms with van der Waals surface area (Å²) in [6.07, 6.45) is 0.987. The van der Waals surface area contributed by atoms with Crippen molar-refractivity contribution in [2.24, 2.45) is 5.18 Å². The van der Waals surface area contributed by atoms with Gasteiger partial charge in [-0.2, -0.15) is 0 Å². The molecule has 112 valence electrons. The highest BCUT2D eigenvalue weighted by Crippen LogP contribution is 2.25. The monoisotopic (exact) mass is 304 g/mol. The number of ether oxygens (including phenoxy) is 1. The molecule has 2 rings (SSSR count). The van der Waals surface area contributed by atoms with Gasteiger partial charge in [0.1, 0.15) is 5.69 Å². The Bertz CT molecular complexity index is 635. The summed E-state index contributed by atoms with van der Waals surface area (Å²) >= 11 is 1.64. The van der Waals surface area contributed by atoms with Gasteiger partial charge in [0.05, 0.1) is 23.4 Å². The maximum atomic E-state index is 10.7. The van der Waals surface area contributed by atoms with Crippen molar-refractivity contribution < 1.29 is 4.74 Å². The van der Waals surface area contributed by atoms with Crippen LogP contribution in [0.2, 0.25) is 0 Å². The van der Waals surface area contributed by atoms with E-state index in [4.69, 9.17) is 4.74 Å². The lowest BCUT2D eigenvalue weighted by atomic mass is 10.0. The van der Waals surface area contributed by atoms with Crippen molar-refractivity contribution in [3.05, 3.63) is 49.8 Å². The Hall–Kier alpha value is -1.59. The predicted molar refractivity (Wildman–Crippen MR) is 86.2 cm³/mol. The van der Waals surface area contributed by atoms with E-state index in [1.165, 1.54) is 5.56 Å². The van der Waals surface area contributed by atoms with Gasteiger partial charge in [0, 0.05) is 11.8 Å². The fourth-order valence-electron chi connectivity index (χ4n) is 2.06. The first-order valence-electron chi connectivity index (χ1n) is 6.98. The third kappa shape index (κ3) is 4.19. The Morgan fingerprint density at radius 2 is 2.05 bits per heavy atom. The molecule has 0 amide bonds. The molecule has 4 nitrogen and oxygen atoms in total. The molecule has 0 radical (unpaired) electrons. The van der Waals surface area contributed by atoms with Crippen molar-refractivity contribution >= 4 is 17.0 Å². The molecule has 5 heteroatoms. The zero-order valence-electron chi connectivity index (χ0n) is 12.8. The topological polar surface area (TPSA) is 51.5 Å². The van der Waals surface area contributed by atoms with Gasteiger partial charge in [0.15, 0.2) is 0 Å². The van der Waals surface area contributed by atoms with Crippen LogP contribution >= 0.6 is 11.3 Å². The number of hydrogen-bond acceptors (Lipinski definition) is 5. The number of aryl methyl sites for hydroxylation is 2. The Kier molecular flexibility index (Phi) is 5.20. The number of nitrogens with zero attached hydrogens (tertiary/aromatic N) is 2. The minimum Gasteiger partial charge on any atom is -0.372 e. The highest BCUT2D eigenvalue weighted by Gasteiger charge is 2.09. The lowest BCUT2D eigenvalue weighted by molar-refractivity contribution is 0.0638. The number of benzene rings is 1. The first-order chi connectivity index (χ1) is 9.99. The van der Waals surface area contributed by atoms with Crippen LogP contribution in [-0.4, -0.2) is 11.1 Å². The molecular weight excluding hydrogens is 284 g/mol. The van der Waals surface area contributed by atoms with Gasteiger partial charge >= 0.3 is 0 Å². The minimum absolute atomic E-state index is 0.212. The Morgan fingerprint density at radius 1 is 1.29 bits per heavy atom. The maximum absolute atomic E-state index is 10.7. The van der Waals surface area contributed by atoms with Gasteiger partial charge in [-0.15, -0.1) is 16.2 Å². The molecule has 1 heterocycles. The summed E-state index contributed by atoms with van der Waals surface area (Å²) in [6, 6.07) is 3.87. The van der Waals surface area contributed by atoms with E-state index in [9.17, 15) is 4.91 Å². The smallest absolute Gasteiger partial charge is 0.111 e. The van der Waals surface area contributed by atoms with E-state index in [0.717, 1.165) is 28.2 Å². The average molecular weight is 304 g/mol. The fraction of sp³-hybridized carbons (Fsp3) is 0.438. The van der Waals surface area contributed by atoms with Crippen molar-refractivity contribution in [3.8, 4) is 0 Å². The van der Waals surface area contributed by atoms with Crippen LogP contribution in [0, 0.1) is 18.8 Å². The number of rotatable bonds is 6. The van der Waals surface area contributed by atoms with E-state index in [2.05, 4.69) is 10.2 Å². The van der Waals surface area contributed by atoms with Crippen LogP contribution in [-0.2, 0) is 17.8 Å². The second-order valence-electron chi connectivity index (χ2n) is 5.43. The molecule has 2 aromatic rings. The molecule has 0 aliphatic rings. The molecule has 0 bridgehead atoms. The highest BCUT2D eigenvalue weighted by atomic mass is 32.1. The van der Waals surface area contributed by atoms with Crippen molar-refractivity contribution in [1.29, 1.82) is 0 Å². The zero-order chi connectivity index (χ0) is 15.4. The Morgan fingerprint density at radius 3 is 2.71 bits per heavy atom. The lowest BCUT2D eigenvalue weighted by Crippen LogP contribution is -2.02. The fourth-order valence-corrected chi connectivity index (χ4v) is 2.86. The molecule has 0 fully saturated rings. The Balaban J connectivity index is 2.11. The van der Waals surface area contributed by atoms with Crippen LogP contribution in [0.5, 0.6) is 0 Å². The molecule has 1 aromatic heterocycles. The molecule has 1 aromatic carbocycles. The number of hydrogen-bond donors (Lipinski definition) is 0. The summed E-state index contributed by atoms with van der Waals surface area (Å²) in [6.45, 7) is 8.49. The first-order valence-corrected chi connectivity index (χ1v) is 7.86. The van der Waals surface area contributed by atoms with Crippen molar-refractivity contribution in [1.82, 2.24) is 4.98 Å². The highest BCUT2D eigenvalue weighted by molar-refractivity contribution is 7.09. The zero-order valence-corrected chi connectivity index (χ0v) is 13.7. The van der Waals surface area contributed by atoms with Crippen LogP contribution in [0.15, 0.2) is 22.7 Å². The molecule has 21 heavy (non-hydrogen) atoms. The standard InChI is InChI=1S/C16H20N2O2S/c1-10(2)20-8-14-9-21-16(17-14)7-13-5-12(4)15(18-19)6-11(13)3/h5-6,9-10H,7-8H2,1-4H3.